The van der Waals surface area contributed by atoms with E-state index < -0.39 is 21.7 Å². The molecule has 0 atom stereocenters. The molecule has 0 bridgehead atoms. The molecule has 0 aliphatic heterocycles. The van der Waals surface area contributed by atoms with E-state index in [1.807, 2.05) is 20.8 Å². The van der Waals surface area contributed by atoms with Crippen LogP contribution in [0.25, 0.3) is 0 Å². The van der Waals surface area contributed by atoms with Gasteiger partial charge in [-0.15, -0.1) is 0 Å². The van der Waals surface area contributed by atoms with Crippen molar-refractivity contribution >= 4 is 21.6 Å². The number of nitrogens with one attached hydrogen (secondary N) is 1. The summed E-state index contributed by atoms with van der Waals surface area (Å²) >= 11 is 0. The van der Waals surface area contributed by atoms with E-state index in [2.05, 4.69) is 4.72 Å². The zero-order chi connectivity index (χ0) is 19.0. The molecule has 1 amide bonds. The number of rotatable bonds is 4. The molecule has 3 N–H and O–H groups in total. The third kappa shape index (κ3) is 4.17. The van der Waals surface area contributed by atoms with Crippen LogP contribution >= 0.6 is 0 Å². The Labute approximate surface area is 147 Å². The molecule has 0 fully saturated rings. The maximum atomic E-state index is 13.9. The molecule has 2 rings (SSSR count). The molecule has 0 saturated heterocycles. The molecule has 2 aromatic carbocycles. The van der Waals surface area contributed by atoms with Crippen LogP contribution in [0.3, 0.4) is 0 Å². The number of primary amides is 1. The van der Waals surface area contributed by atoms with Crippen LogP contribution in [0.15, 0.2) is 41.3 Å². The van der Waals surface area contributed by atoms with Gasteiger partial charge in [0, 0.05) is 11.1 Å². The molecule has 0 unspecified atom stereocenters. The standard InChI is InChI=1S/C18H21FN2O3S/c1-11-15(19)9-12(17(20)22)10-16(11)21-25(23,24)14-7-5-13(6-8-14)18(2,3)4/h5-10,21H,1-4H3,(H2,20,22). The molecule has 0 saturated carbocycles. The van der Waals surface area contributed by atoms with Gasteiger partial charge in [0.05, 0.1) is 10.6 Å². The Bertz CT molecular complexity index is 915. The van der Waals surface area contributed by atoms with Crippen molar-refractivity contribution in [2.45, 2.75) is 38.0 Å². The fourth-order valence-corrected chi connectivity index (χ4v) is 3.38. The predicted molar refractivity (Wildman–Crippen MR) is 95.6 cm³/mol. The maximum absolute atomic E-state index is 13.9. The molecule has 5 nitrogen and oxygen atoms in total. The Morgan fingerprint density at radius 2 is 1.68 bits per heavy atom. The van der Waals surface area contributed by atoms with E-state index in [-0.39, 0.29) is 27.1 Å². The number of anilines is 1. The molecular formula is C18H21FN2O3S. The van der Waals surface area contributed by atoms with E-state index in [0.717, 1.165) is 11.6 Å². The highest BCUT2D eigenvalue weighted by atomic mass is 32.2. The number of hydrogen-bond acceptors (Lipinski definition) is 3. The van der Waals surface area contributed by atoms with Crippen molar-refractivity contribution in [1.82, 2.24) is 0 Å². The van der Waals surface area contributed by atoms with Crippen LogP contribution in [-0.2, 0) is 15.4 Å². The summed E-state index contributed by atoms with van der Waals surface area (Å²) in [5.74, 6) is -1.55. The normalized spacial score (nSPS) is 12.0. The van der Waals surface area contributed by atoms with E-state index in [0.29, 0.717) is 0 Å². The highest BCUT2D eigenvalue weighted by Crippen LogP contribution is 2.26. The quantitative estimate of drug-likeness (QED) is 0.872. The fourth-order valence-electron chi connectivity index (χ4n) is 2.26. The third-order valence-corrected chi connectivity index (χ3v) is 5.29. The van der Waals surface area contributed by atoms with Crippen molar-refractivity contribution in [2.75, 3.05) is 4.72 Å². The first-order chi connectivity index (χ1) is 11.4. The summed E-state index contributed by atoms with van der Waals surface area (Å²) in [7, 11) is -3.93. The molecule has 0 aromatic heterocycles. The lowest BCUT2D eigenvalue weighted by atomic mass is 9.87. The van der Waals surface area contributed by atoms with Gasteiger partial charge < -0.3 is 5.73 Å². The summed E-state index contributed by atoms with van der Waals surface area (Å²) < 4.78 is 41.4. The molecule has 0 aliphatic rings. The maximum Gasteiger partial charge on any atom is 0.261 e. The summed E-state index contributed by atoms with van der Waals surface area (Å²) in [5, 5.41) is 0. The highest BCUT2D eigenvalue weighted by Gasteiger charge is 2.20. The van der Waals surface area contributed by atoms with Gasteiger partial charge >= 0.3 is 0 Å². The Kier molecular flexibility index (Phi) is 4.90. The minimum Gasteiger partial charge on any atom is -0.366 e. The Hall–Kier alpha value is -2.41. The molecule has 0 heterocycles. The van der Waals surface area contributed by atoms with Gasteiger partial charge in [0.15, 0.2) is 0 Å². The van der Waals surface area contributed by atoms with Crippen molar-refractivity contribution in [3.63, 3.8) is 0 Å². The fraction of sp³-hybridized carbons (Fsp3) is 0.278. The van der Waals surface area contributed by atoms with Crippen molar-refractivity contribution in [1.29, 1.82) is 0 Å². The van der Waals surface area contributed by atoms with Crippen LogP contribution in [0, 0.1) is 12.7 Å². The minimum absolute atomic E-state index is 0.0197. The molecular weight excluding hydrogens is 343 g/mol. The van der Waals surface area contributed by atoms with Crippen molar-refractivity contribution in [3.8, 4) is 0 Å². The van der Waals surface area contributed by atoms with Crippen molar-refractivity contribution in [3.05, 3.63) is 58.9 Å². The zero-order valence-corrected chi connectivity index (χ0v) is 15.4. The van der Waals surface area contributed by atoms with Crippen LogP contribution < -0.4 is 10.5 Å². The summed E-state index contributed by atoms with van der Waals surface area (Å²) in [4.78, 5) is 11.3. The average Bonchev–Trinajstić information content (AvgIpc) is 2.50. The summed E-state index contributed by atoms with van der Waals surface area (Å²) in [5.41, 5.74) is 5.99. The molecule has 2 aromatic rings. The van der Waals surface area contributed by atoms with Gasteiger partial charge in [0.1, 0.15) is 5.82 Å². The zero-order valence-electron chi connectivity index (χ0n) is 14.6. The largest absolute Gasteiger partial charge is 0.366 e. The second kappa shape index (κ2) is 6.48. The molecule has 25 heavy (non-hydrogen) atoms. The van der Waals surface area contributed by atoms with Gasteiger partial charge in [-0.2, -0.15) is 0 Å². The number of amides is 1. The molecule has 0 radical (unpaired) electrons. The van der Waals surface area contributed by atoms with Gasteiger partial charge in [-0.05, 0) is 42.2 Å². The first-order valence-corrected chi connectivity index (χ1v) is 9.13. The molecule has 0 aliphatic carbocycles. The van der Waals surface area contributed by atoms with E-state index in [9.17, 15) is 17.6 Å². The first-order valence-electron chi connectivity index (χ1n) is 7.65. The topological polar surface area (TPSA) is 89.3 Å². The van der Waals surface area contributed by atoms with Crippen LogP contribution in [0.1, 0.15) is 42.3 Å². The lowest BCUT2D eigenvalue weighted by molar-refractivity contribution is 0.1000. The average molecular weight is 364 g/mol. The predicted octanol–water partition coefficient (Wildman–Crippen LogP) is 3.33. The van der Waals surface area contributed by atoms with E-state index >= 15 is 0 Å². The number of hydrogen-bond donors (Lipinski definition) is 2. The monoisotopic (exact) mass is 364 g/mol. The number of carbonyl (C=O) groups excluding carboxylic acids is 1. The smallest absolute Gasteiger partial charge is 0.261 e. The Balaban J connectivity index is 2.41. The van der Waals surface area contributed by atoms with Crippen LogP contribution in [0.4, 0.5) is 10.1 Å². The summed E-state index contributed by atoms with van der Waals surface area (Å²) in [6.07, 6.45) is 0. The van der Waals surface area contributed by atoms with Crippen LogP contribution in [0.2, 0.25) is 0 Å². The van der Waals surface area contributed by atoms with Gasteiger partial charge in [-0.25, -0.2) is 12.8 Å². The lowest BCUT2D eigenvalue weighted by Gasteiger charge is -2.19. The molecule has 0 spiro atoms. The van der Waals surface area contributed by atoms with Crippen molar-refractivity contribution < 1.29 is 17.6 Å². The number of benzene rings is 2. The van der Waals surface area contributed by atoms with E-state index in [4.69, 9.17) is 5.73 Å². The van der Waals surface area contributed by atoms with Crippen LogP contribution in [0.5, 0.6) is 0 Å². The first kappa shape index (κ1) is 18.9. The number of sulfonamides is 1. The second-order valence-electron chi connectivity index (χ2n) is 6.87. The van der Waals surface area contributed by atoms with E-state index in [1.54, 1.807) is 12.1 Å². The SMILES string of the molecule is Cc1c(F)cc(C(N)=O)cc1NS(=O)(=O)c1ccc(C(C)(C)C)cc1. The molecule has 7 heteroatoms. The summed E-state index contributed by atoms with van der Waals surface area (Å²) in [6.45, 7) is 7.49. The van der Waals surface area contributed by atoms with Crippen LogP contribution in [-0.4, -0.2) is 14.3 Å². The van der Waals surface area contributed by atoms with Crippen molar-refractivity contribution in [2.24, 2.45) is 5.73 Å². The van der Waals surface area contributed by atoms with E-state index in [1.165, 1.54) is 25.1 Å². The summed E-state index contributed by atoms with van der Waals surface area (Å²) in [6, 6.07) is 8.66. The van der Waals surface area contributed by atoms with Gasteiger partial charge in [0.2, 0.25) is 5.91 Å². The minimum atomic E-state index is -3.93. The third-order valence-electron chi connectivity index (χ3n) is 3.90. The Morgan fingerprint density at radius 1 is 1.12 bits per heavy atom. The van der Waals surface area contributed by atoms with Gasteiger partial charge in [-0.3, -0.25) is 9.52 Å². The molecule has 134 valence electrons. The van der Waals surface area contributed by atoms with Gasteiger partial charge in [0.25, 0.3) is 10.0 Å². The lowest BCUT2D eigenvalue weighted by Crippen LogP contribution is -2.17. The number of carbonyl (C=O) groups is 1. The number of halogens is 1. The van der Waals surface area contributed by atoms with Gasteiger partial charge in [-0.1, -0.05) is 32.9 Å². The Morgan fingerprint density at radius 3 is 2.16 bits per heavy atom. The highest BCUT2D eigenvalue weighted by molar-refractivity contribution is 7.92. The number of nitrogens with two attached hydrogens (primary N) is 1. The second-order valence-corrected chi connectivity index (χ2v) is 8.56.